The molecule has 22 nitrogen and oxygen atoms in total. The first kappa shape index (κ1) is 53.6. The zero-order valence-electron chi connectivity index (χ0n) is 37.2. The summed E-state index contributed by atoms with van der Waals surface area (Å²) in [6.45, 7) is 8.82. The van der Waals surface area contributed by atoms with Crippen LogP contribution in [0.25, 0.3) is 0 Å². The lowest BCUT2D eigenvalue weighted by molar-refractivity contribution is -0.141. The predicted octanol–water partition coefficient (Wildman–Crippen LogP) is -0.322. The molecule has 0 radical (unpaired) electrons. The van der Waals surface area contributed by atoms with Crippen molar-refractivity contribution >= 4 is 53.3 Å². The molecule has 2 unspecified atom stereocenters. The van der Waals surface area contributed by atoms with Gasteiger partial charge in [-0.15, -0.1) is 0 Å². The first-order valence-corrected chi connectivity index (χ1v) is 21.1. The number of carbonyl (C=O) groups is 8. The first-order chi connectivity index (χ1) is 29.9. The largest absolute Gasteiger partial charge is 0.464 e. The molecule has 0 bridgehead atoms. The maximum atomic E-state index is 13.8. The summed E-state index contributed by atoms with van der Waals surface area (Å²) in [6.07, 6.45) is -1.35. The molecular weight excluding hydrogens is 827 g/mol. The number of urea groups is 1. The molecule has 1 aliphatic rings. The lowest BCUT2D eigenvalue weighted by Gasteiger charge is -2.32. The van der Waals surface area contributed by atoms with Gasteiger partial charge in [-0.2, -0.15) is 0 Å². The highest BCUT2D eigenvalue weighted by Crippen LogP contribution is 2.15. The number of cyclic esters (lactones) is 1. The van der Waals surface area contributed by atoms with Gasteiger partial charge in [-0.3, -0.25) is 29.3 Å². The van der Waals surface area contributed by atoms with E-state index in [-0.39, 0.29) is 71.1 Å². The van der Waals surface area contributed by atoms with Crippen molar-refractivity contribution in [3.63, 3.8) is 0 Å². The van der Waals surface area contributed by atoms with Gasteiger partial charge in [0.2, 0.25) is 29.5 Å². The number of hydrogen-bond donors (Lipinski definition) is 8. The minimum atomic E-state index is -1.55. The summed E-state index contributed by atoms with van der Waals surface area (Å²) in [5.74, 6) is -3.87. The second kappa shape index (κ2) is 28.9. The normalized spacial score (nSPS) is 15.2. The van der Waals surface area contributed by atoms with Gasteiger partial charge < -0.3 is 66.2 Å². The number of ether oxygens (including phenoxy) is 4. The average Bonchev–Trinajstić information content (AvgIpc) is 3.64. The van der Waals surface area contributed by atoms with Gasteiger partial charge in [-0.05, 0) is 42.9 Å². The first-order valence-electron chi connectivity index (χ1n) is 21.1. The second-order valence-corrected chi connectivity index (χ2v) is 15.4. The number of primary amides is 1. The number of likely N-dealkylation sites (N-methyl/N-ethyl adjacent to an activating group) is 2. The van der Waals surface area contributed by atoms with E-state index in [1.54, 1.807) is 52.2 Å². The number of nitrogens with zero attached hydrogens (tertiary/aromatic N) is 2. The molecule has 63 heavy (non-hydrogen) atoms. The van der Waals surface area contributed by atoms with Crippen molar-refractivity contribution in [2.24, 2.45) is 11.7 Å². The van der Waals surface area contributed by atoms with Gasteiger partial charge in [-0.1, -0.05) is 32.9 Å². The summed E-state index contributed by atoms with van der Waals surface area (Å²) < 4.78 is 21.1. The third-order valence-electron chi connectivity index (χ3n) is 9.73. The van der Waals surface area contributed by atoms with Crippen molar-refractivity contribution in [3.05, 3.63) is 29.8 Å². The van der Waals surface area contributed by atoms with Crippen LogP contribution in [0.4, 0.5) is 15.3 Å². The van der Waals surface area contributed by atoms with Gasteiger partial charge in [0, 0.05) is 65.8 Å². The number of esters is 1. The monoisotopic (exact) mass is 893 g/mol. The Kier molecular flexibility index (Phi) is 24.6. The van der Waals surface area contributed by atoms with E-state index in [1.807, 2.05) is 6.92 Å². The molecule has 5 atom stereocenters. The van der Waals surface area contributed by atoms with Crippen LogP contribution >= 0.6 is 0 Å². The fourth-order valence-corrected chi connectivity index (χ4v) is 5.88. The molecule has 2 rings (SSSR count). The summed E-state index contributed by atoms with van der Waals surface area (Å²) in [5.41, 5.74) is 6.21. The molecule has 0 spiro atoms. The Morgan fingerprint density at radius 2 is 1.57 bits per heavy atom. The number of hydrogen-bond acceptors (Lipinski definition) is 14. The molecule has 1 saturated heterocycles. The standard InChI is InChI=1S/C41H67N9O13/c1-7-19-60-22-23-61-20-15-33(52)46-32(24-34(53)45-31-14-21-62-39(31)57)37(55)48-35(26(2)3)38(56)47-30(9-8-16-43-40(42)58)36(54)44-29-12-10-28(11-13-29)25-63-41(59)50(6)18-17-49(5)27(4)51/h10-13,26,30-32,35,38,47,56H,7-9,14-25H2,1-6H3,(H,44,54)(H,45,53)(H,46,52)(H,48,55)(H3,42,43,58)/t30-,31?,32-,35-,38?/m0/s1. The molecule has 0 saturated carbocycles. The molecule has 8 amide bonds. The molecule has 1 fully saturated rings. The lowest BCUT2D eigenvalue weighted by atomic mass is 10.00. The molecule has 0 aromatic heterocycles. The SMILES string of the molecule is CCCOCCOCCC(=O)N[C@@H](CC(=O)NC1CCOC1=O)C(=O)N[C@@H](C(C)C)C(O)N[C@@H](CCCNC(N)=O)C(=O)Nc1ccc(COC(=O)N(C)CCN(C)C(C)=O)cc1. The van der Waals surface area contributed by atoms with Crippen LogP contribution in [0.5, 0.6) is 0 Å². The van der Waals surface area contributed by atoms with Crippen LogP contribution in [0.15, 0.2) is 24.3 Å². The molecular formula is C41H67N9O13. The van der Waals surface area contributed by atoms with E-state index in [4.69, 9.17) is 24.7 Å². The molecule has 22 heteroatoms. The molecule has 1 aromatic rings. The highest BCUT2D eigenvalue weighted by atomic mass is 16.6. The fourth-order valence-electron chi connectivity index (χ4n) is 5.88. The van der Waals surface area contributed by atoms with Gasteiger partial charge in [-0.25, -0.2) is 14.4 Å². The molecule has 9 N–H and O–H groups in total. The van der Waals surface area contributed by atoms with Gasteiger partial charge in [0.25, 0.3) is 0 Å². The Morgan fingerprint density at radius 3 is 2.17 bits per heavy atom. The third kappa shape index (κ3) is 21.4. The van der Waals surface area contributed by atoms with Crippen LogP contribution in [0.3, 0.4) is 0 Å². The highest BCUT2D eigenvalue weighted by Gasteiger charge is 2.34. The minimum absolute atomic E-state index is 0.0198. The van der Waals surface area contributed by atoms with E-state index in [9.17, 15) is 43.5 Å². The molecule has 354 valence electrons. The predicted molar refractivity (Wildman–Crippen MR) is 228 cm³/mol. The van der Waals surface area contributed by atoms with E-state index < -0.39 is 84.5 Å². The highest BCUT2D eigenvalue weighted by molar-refractivity contribution is 5.95. The second-order valence-electron chi connectivity index (χ2n) is 15.4. The number of nitrogens with one attached hydrogen (secondary N) is 6. The molecule has 1 heterocycles. The van der Waals surface area contributed by atoms with Gasteiger partial charge in [0.1, 0.15) is 24.9 Å². The Hall–Kier alpha value is -5.58. The molecule has 0 aliphatic carbocycles. The van der Waals surface area contributed by atoms with Crippen LogP contribution in [-0.4, -0.2) is 160 Å². The number of anilines is 1. The Balaban J connectivity index is 2.14. The smallest absolute Gasteiger partial charge is 0.409 e. The van der Waals surface area contributed by atoms with Crippen molar-refractivity contribution < 1.29 is 62.4 Å². The third-order valence-corrected chi connectivity index (χ3v) is 9.73. The fraction of sp³-hybridized carbons (Fsp3) is 0.659. The van der Waals surface area contributed by atoms with Crippen molar-refractivity contribution in [2.45, 2.75) is 103 Å². The van der Waals surface area contributed by atoms with Crippen LogP contribution in [0.2, 0.25) is 0 Å². The maximum absolute atomic E-state index is 13.8. The number of amides is 8. The zero-order valence-corrected chi connectivity index (χ0v) is 37.2. The van der Waals surface area contributed by atoms with Crippen LogP contribution in [-0.2, 0) is 54.3 Å². The number of benzene rings is 1. The summed E-state index contributed by atoms with van der Waals surface area (Å²) in [6, 6.07) is 1.27. The maximum Gasteiger partial charge on any atom is 0.409 e. The van der Waals surface area contributed by atoms with Crippen LogP contribution in [0.1, 0.15) is 71.8 Å². The Labute approximate surface area is 368 Å². The number of rotatable bonds is 29. The van der Waals surface area contributed by atoms with E-state index in [0.717, 1.165) is 6.42 Å². The Morgan fingerprint density at radius 1 is 0.905 bits per heavy atom. The van der Waals surface area contributed by atoms with Crippen molar-refractivity contribution in [2.75, 3.05) is 72.1 Å². The summed E-state index contributed by atoms with van der Waals surface area (Å²) in [4.78, 5) is 103. The summed E-state index contributed by atoms with van der Waals surface area (Å²) >= 11 is 0. The average molecular weight is 894 g/mol. The number of aliphatic hydroxyl groups is 1. The van der Waals surface area contributed by atoms with Gasteiger partial charge >= 0.3 is 18.1 Å². The van der Waals surface area contributed by atoms with Gasteiger partial charge in [0.15, 0.2) is 0 Å². The zero-order chi connectivity index (χ0) is 46.9. The molecule has 1 aliphatic heterocycles. The van der Waals surface area contributed by atoms with Crippen LogP contribution < -0.4 is 37.6 Å². The summed E-state index contributed by atoms with van der Waals surface area (Å²) in [7, 11) is 3.18. The van der Waals surface area contributed by atoms with Crippen LogP contribution in [0, 0.1) is 5.92 Å². The van der Waals surface area contributed by atoms with E-state index in [2.05, 4.69) is 31.9 Å². The quantitative estimate of drug-likeness (QED) is 0.0291. The number of carbonyl (C=O) groups excluding carboxylic acids is 8. The van der Waals surface area contributed by atoms with E-state index in [1.165, 1.54) is 16.7 Å². The number of aliphatic hydroxyl groups excluding tert-OH is 1. The summed E-state index contributed by atoms with van der Waals surface area (Å²) in [5, 5.41) is 27.4. The lowest BCUT2D eigenvalue weighted by Crippen LogP contribution is -2.60. The Bertz CT molecular complexity index is 1650. The molecule has 1 aromatic carbocycles. The number of nitrogens with two attached hydrogens (primary N) is 1. The van der Waals surface area contributed by atoms with Crippen molar-refractivity contribution in [1.82, 2.24) is 36.4 Å². The topological polar surface area (TPSA) is 298 Å². The van der Waals surface area contributed by atoms with Gasteiger partial charge in [0.05, 0.1) is 44.9 Å². The van der Waals surface area contributed by atoms with Crippen molar-refractivity contribution in [3.8, 4) is 0 Å². The van der Waals surface area contributed by atoms with E-state index in [0.29, 0.717) is 31.0 Å². The van der Waals surface area contributed by atoms with Crippen molar-refractivity contribution in [1.29, 1.82) is 0 Å². The minimum Gasteiger partial charge on any atom is -0.464 e. The van der Waals surface area contributed by atoms with E-state index >= 15 is 0 Å².